The molecule has 0 aromatic carbocycles. The van der Waals surface area contributed by atoms with Gasteiger partial charge >= 0.3 is 12.0 Å². The van der Waals surface area contributed by atoms with E-state index in [1.54, 1.807) is 7.11 Å². The van der Waals surface area contributed by atoms with Crippen molar-refractivity contribution in [1.82, 2.24) is 15.5 Å². The van der Waals surface area contributed by atoms with Crippen molar-refractivity contribution in [1.29, 1.82) is 0 Å². The second kappa shape index (κ2) is 7.30. The predicted molar refractivity (Wildman–Crippen MR) is 70.1 cm³/mol. The summed E-state index contributed by atoms with van der Waals surface area (Å²) >= 11 is 0. The number of amides is 2. The zero-order valence-corrected chi connectivity index (χ0v) is 11.6. The molecule has 1 fully saturated rings. The second-order valence-corrected chi connectivity index (χ2v) is 4.92. The monoisotopic (exact) mass is 273 g/mol. The Morgan fingerprint density at radius 3 is 2.53 bits per heavy atom. The topological polar surface area (TPSA) is 90.9 Å². The third-order valence-corrected chi connectivity index (χ3v) is 3.43. The average Bonchev–Trinajstić information content (AvgIpc) is 2.30. The van der Waals surface area contributed by atoms with Gasteiger partial charge in [-0.2, -0.15) is 0 Å². The molecule has 1 rings (SSSR count). The van der Waals surface area contributed by atoms with Crippen LogP contribution in [0.4, 0.5) is 4.79 Å². The average molecular weight is 273 g/mol. The Morgan fingerprint density at radius 1 is 1.37 bits per heavy atom. The fourth-order valence-corrected chi connectivity index (χ4v) is 1.90. The molecule has 0 aliphatic heterocycles. The van der Waals surface area contributed by atoms with Crippen LogP contribution in [0.3, 0.4) is 0 Å². The third kappa shape index (κ3) is 4.68. The second-order valence-electron chi connectivity index (χ2n) is 4.92. The summed E-state index contributed by atoms with van der Waals surface area (Å²) in [5, 5.41) is 14.3. The van der Waals surface area contributed by atoms with Gasteiger partial charge in [0.2, 0.25) is 0 Å². The number of likely N-dealkylation sites (N-methyl/N-ethyl adjacent to an activating group) is 1. The normalized spacial score (nSPS) is 16.8. The Labute approximate surface area is 113 Å². The summed E-state index contributed by atoms with van der Waals surface area (Å²) in [6.45, 7) is 2.60. The van der Waals surface area contributed by atoms with Crippen molar-refractivity contribution in [2.24, 2.45) is 0 Å². The summed E-state index contributed by atoms with van der Waals surface area (Å²) in [7, 11) is 3.58. The maximum absolute atomic E-state index is 11.6. The minimum atomic E-state index is -1.05. The number of carboxylic acids is 1. The maximum Gasteiger partial charge on any atom is 0.329 e. The number of nitrogens with one attached hydrogen (secondary N) is 2. The summed E-state index contributed by atoms with van der Waals surface area (Å²) in [6, 6.07) is -0.415. The van der Waals surface area contributed by atoms with E-state index < -0.39 is 17.5 Å². The molecule has 1 saturated carbocycles. The van der Waals surface area contributed by atoms with Gasteiger partial charge < -0.3 is 25.4 Å². The van der Waals surface area contributed by atoms with Gasteiger partial charge in [-0.05, 0) is 26.3 Å². The van der Waals surface area contributed by atoms with Gasteiger partial charge in [0.15, 0.2) is 0 Å². The first-order valence-electron chi connectivity index (χ1n) is 6.47. The van der Waals surface area contributed by atoms with Crippen molar-refractivity contribution in [3.63, 3.8) is 0 Å². The molecule has 7 nitrogen and oxygen atoms in total. The molecule has 3 N–H and O–H groups in total. The number of hydrogen-bond donors (Lipinski definition) is 3. The zero-order chi connectivity index (χ0) is 14.3. The zero-order valence-electron chi connectivity index (χ0n) is 11.6. The first kappa shape index (κ1) is 15.7. The van der Waals surface area contributed by atoms with Crippen molar-refractivity contribution < 1.29 is 19.4 Å². The minimum absolute atomic E-state index is 0.415. The van der Waals surface area contributed by atoms with E-state index in [4.69, 9.17) is 9.84 Å². The van der Waals surface area contributed by atoms with Crippen LogP contribution in [-0.4, -0.2) is 67.9 Å². The van der Waals surface area contributed by atoms with E-state index in [1.807, 2.05) is 11.9 Å². The molecule has 0 atom stereocenters. The van der Waals surface area contributed by atoms with Gasteiger partial charge in [-0.3, -0.25) is 0 Å². The molecule has 0 spiro atoms. The van der Waals surface area contributed by atoms with Crippen LogP contribution in [0.2, 0.25) is 0 Å². The van der Waals surface area contributed by atoms with Gasteiger partial charge in [0.05, 0.1) is 6.61 Å². The van der Waals surface area contributed by atoms with Crippen LogP contribution >= 0.6 is 0 Å². The number of methoxy groups -OCH3 is 1. The van der Waals surface area contributed by atoms with Crippen molar-refractivity contribution in [3.05, 3.63) is 0 Å². The molecule has 110 valence electrons. The van der Waals surface area contributed by atoms with Crippen LogP contribution in [-0.2, 0) is 9.53 Å². The first-order valence-corrected chi connectivity index (χ1v) is 6.47. The molecule has 0 saturated heterocycles. The molecule has 19 heavy (non-hydrogen) atoms. The van der Waals surface area contributed by atoms with Gasteiger partial charge in [0.25, 0.3) is 0 Å². The highest BCUT2D eigenvalue weighted by molar-refractivity contribution is 5.87. The molecule has 1 aliphatic rings. The van der Waals surface area contributed by atoms with E-state index in [-0.39, 0.29) is 0 Å². The highest BCUT2D eigenvalue weighted by atomic mass is 16.5. The van der Waals surface area contributed by atoms with Crippen LogP contribution in [0.5, 0.6) is 0 Å². The number of urea groups is 1. The van der Waals surface area contributed by atoms with E-state index in [9.17, 15) is 9.59 Å². The summed E-state index contributed by atoms with van der Waals surface area (Å²) < 4.78 is 4.95. The molecule has 0 aromatic heterocycles. The molecule has 2 amide bonds. The summed E-state index contributed by atoms with van der Waals surface area (Å²) in [5.41, 5.74) is -1.05. The van der Waals surface area contributed by atoms with Crippen LogP contribution in [0.1, 0.15) is 19.3 Å². The smallest absolute Gasteiger partial charge is 0.329 e. The summed E-state index contributed by atoms with van der Waals surface area (Å²) in [5.74, 6) is -0.953. The maximum atomic E-state index is 11.6. The van der Waals surface area contributed by atoms with E-state index in [2.05, 4.69) is 10.6 Å². The Morgan fingerprint density at radius 2 is 2.05 bits per heavy atom. The third-order valence-electron chi connectivity index (χ3n) is 3.43. The predicted octanol–water partition coefficient (Wildman–Crippen LogP) is -0.129. The van der Waals surface area contributed by atoms with E-state index in [0.29, 0.717) is 32.5 Å². The van der Waals surface area contributed by atoms with Crippen LogP contribution < -0.4 is 10.6 Å². The summed E-state index contributed by atoms with van der Waals surface area (Å²) in [4.78, 5) is 24.7. The van der Waals surface area contributed by atoms with Crippen molar-refractivity contribution in [2.45, 2.75) is 24.8 Å². The van der Waals surface area contributed by atoms with Crippen LogP contribution in [0.15, 0.2) is 0 Å². The van der Waals surface area contributed by atoms with E-state index in [1.165, 1.54) is 0 Å². The Kier molecular flexibility index (Phi) is 6.04. The number of carboxylic acid groups (broad SMARTS) is 1. The fourth-order valence-electron chi connectivity index (χ4n) is 1.90. The van der Waals surface area contributed by atoms with Crippen LogP contribution in [0, 0.1) is 0 Å². The Balaban J connectivity index is 2.19. The lowest BCUT2D eigenvalue weighted by Crippen LogP contribution is -2.61. The van der Waals surface area contributed by atoms with Gasteiger partial charge in [-0.15, -0.1) is 0 Å². The molecule has 0 radical (unpaired) electrons. The largest absolute Gasteiger partial charge is 0.480 e. The molecular weight excluding hydrogens is 250 g/mol. The molecule has 0 heterocycles. The number of ether oxygens (including phenoxy) is 1. The van der Waals surface area contributed by atoms with Crippen molar-refractivity contribution >= 4 is 12.0 Å². The lowest BCUT2D eigenvalue weighted by molar-refractivity contribution is -0.148. The molecule has 0 aromatic rings. The van der Waals surface area contributed by atoms with Gasteiger partial charge in [-0.25, -0.2) is 9.59 Å². The standard InChI is InChI=1S/C12H23N3O4/c1-15(8-9-19-2)7-6-13-11(18)14-12(10(16)17)4-3-5-12/h3-9H2,1-2H3,(H,16,17)(H2,13,14,18). The van der Waals surface area contributed by atoms with Crippen molar-refractivity contribution in [3.8, 4) is 0 Å². The molecule has 0 unspecified atom stereocenters. The number of aliphatic carboxylic acids is 1. The number of nitrogens with zero attached hydrogens (tertiary/aromatic N) is 1. The molecule has 1 aliphatic carbocycles. The highest BCUT2D eigenvalue weighted by Crippen LogP contribution is 2.31. The lowest BCUT2D eigenvalue weighted by atomic mass is 9.77. The highest BCUT2D eigenvalue weighted by Gasteiger charge is 2.45. The number of carbonyl (C=O) groups excluding carboxylic acids is 1. The van der Waals surface area contributed by atoms with Gasteiger partial charge in [0.1, 0.15) is 5.54 Å². The lowest BCUT2D eigenvalue weighted by Gasteiger charge is -2.38. The Hall–Kier alpha value is -1.34. The molecule has 7 heteroatoms. The molecular formula is C12H23N3O4. The van der Waals surface area contributed by atoms with Gasteiger partial charge in [-0.1, -0.05) is 0 Å². The van der Waals surface area contributed by atoms with Gasteiger partial charge in [0, 0.05) is 26.7 Å². The summed E-state index contributed by atoms with van der Waals surface area (Å²) in [6.07, 6.45) is 1.85. The number of carbonyl (C=O) groups is 2. The molecule has 0 bridgehead atoms. The fraction of sp³-hybridized carbons (Fsp3) is 0.833. The first-order chi connectivity index (χ1) is 9.00. The number of hydrogen-bond acceptors (Lipinski definition) is 4. The quantitative estimate of drug-likeness (QED) is 0.573. The van der Waals surface area contributed by atoms with Crippen LogP contribution in [0.25, 0.3) is 0 Å². The Bertz CT molecular complexity index is 318. The SMILES string of the molecule is COCCN(C)CCNC(=O)NC1(C(=O)O)CCC1. The van der Waals surface area contributed by atoms with Crippen molar-refractivity contribution in [2.75, 3.05) is 40.4 Å². The van der Waals surface area contributed by atoms with E-state index >= 15 is 0 Å². The number of rotatable bonds is 8. The minimum Gasteiger partial charge on any atom is -0.480 e. The van der Waals surface area contributed by atoms with E-state index in [0.717, 1.165) is 13.0 Å².